The number of rotatable bonds is 7. The fraction of sp³-hybridized carbons (Fsp3) is 0.778. The van der Waals surface area contributed by atoms with Crippen LogP contribution in [-0.2, 0) is 19.1 Å². The summed E-state index contributed by atoms with van der Waals surface area (Å²) in [6.45, 7) is 8.64. The minimum Gasteiger partial charge on any atom is -0.465 e. The maximum absolute atomic E-state index is 12.5. The number of aliphatic imine (C=N–C) groups is 1. The third-order valence-corrected chi connectivity index (χ3v) is 5.33. The van der Waals surface area contributed by atoms with Crippen LogP contribution in [-0.4, -0.2) is 122 Å². The zero-order chi connectivity index (χ0) is 21.0. The first-order chi connectivity index (χ1) is 14.0. The van der Waals surface area contributed by atoms with Crippen molar-refractivity contribution in [3.05, 3.63) is 0 Å². The Morgan fingerprint density at radius 2 is 1.90 bits per heavy atom. The van der Waals surface area contributed by atoms with E-state index in [0.29, 0.717) is 58.5 Å². The fourth-order valence-electron chi connectivity index (χ4n) is 3.82. The number of likely N-dealkylation sites (N-methyl/N-ethyl adjacent to an activating group) is 1. The fourth-order valence-corrected chi connectivity index (χ4v) is 3.82. The third kappa shape index (κ3) is 4.61. The lowest BCUT2D eigenvalue weighted by Crippen LogP contribution is -2.65. The molecule has 0 aromatic carbocycles. The number of esters is 1. The molecule has 1 N–H and O–H groups in total. The second kappa shape index (κ2) is 9.40. The van der Waals surface area contributed by atoms with Gasteiger partial charge in [-0.05, 0) is 13.8 Å². The first kappa shape index (κ1) is 21.3. The maximum Gasteiger partial charge on any atom is 0.325 e. The zero-order valence-electron chi connectivity index (χ0n) is 17.3. The number of carbonyl (C=O) groups excluding carboxylic acids is 3. The van der Waals surface area contributed by atoms with Crippen molar-refractivity contribution in [2.75, 3.05) is 66.1 Å². The Kier molecular flexibility index (Phi) is 6.91. The second-order valence-electron chi connectivity index (χ2n) is 7.15. The first-order valence-electron chi connectivity index (χ1n) is 10.1. The normalized spacial score (nSPS) is 25.1. The summed E-state index contributed by atoms with van der Waals surface area (Å²) in [6, 6.07) is -1.00. The summed E-state index contributed by atoms with van der Waals surface area (Å²) in [5, 5.41) is 2.40. The summed E-state index contributed by atoms with van der Waals surface area (Å²) in [5.74, 6) is 0.141. The number of fused-ring (bicyclic) bond motifs is 1. The van der Waals surface area contributed by atoms with Gasteiger partial charge in [-0.15, -0.1) is 0 Å². The highest BCUT2D eigenvalue weighted by Crippen LogP contribution is 2.25. The van der Waals surface area contributed by atoms with Crippen LogP contribution in [0.15, 0.2) is 4.99 Å². The number of hydrogen-bond donors (Lipinski definition) is 1. The smallest absolute Gasteiger partial charge is 0.325 e. The van der Waals surface area contributed by atoms with E-state index in [0.717, 1.165) is 0 Å². The molecule has 11 heteroatoms. The number of guanidine groups is 1. The van der Waals surface area contributed by atoms with Crippen molar-refractivity contribution in [3.8, 4) is 0 Å². The van der Waals surface area contributed by atoms with Crippen molar-refractivity contribution < 1.29 is 23.9 Å². The highest BCUT2D eigenvalue weighted by Gasteiger charge is 2.49. The first-order valence-corrected chi connectivity index (χ1v) is 10.1. The van der Waals surface area contributed by atoms with Crippen LogP contribution in [0.5, 0.6) is 0 Å². The number of amides is 3. The minimum absolute atomic E-state index is 0.222. The molecule has 2 saturated heterocycles. The Balaban J connectivity index is 1.69. The highest BCUT2D eigenvalue weighted by molar-refractivity contribution is 6.03. The predicted octanol–water partition coefficient (Wildman–Crippen LogP) is -1.25. The number of nitrogens with zero attached hydrogens (tertiary/aromatic N) is 5. The molecule has 2 fully saturated rings. The zero-order valence-corrected chi connectivity index (χ0v) is 17.3. The van der Waals surface area contributed by atoms with Crippen molar-refractivity contribution in [1.29, 1.82) is 0 Å². The van der Waals surface area contributed by atoms with Gasteiger partial charge < -0.3 is 24.2 Å². The molecule has 0 saturated carbocycles. The largest absolute Gasteiger partial charge is 0.465 e. The van der Waals surface area contributed by atoms with E-state index in [-0.39, 0.29) is 18.4 Å². The van der Waals surface area contributed by atoms with E-state index in [9.17, 15) is 14.4 Å². The van der Waals surface area contributed by atoms with Gasteiger partial charge in [-0.2, -0.15) is 0 Å². The Morgan fingerprint density at radius 1 is 1.17 bits per heavy atom. The van der Waals surface area contributed by atoms with E-state index in [2.05, 4.69) is 10.2 Å². The molecule has 0 aromatic heterocycles. The van der Waals surface area contributed by atoms with Crippen LogP contribution < -0.4 is 5.32 Å². The molecule has 0 aliphatic carbocycles. The number of nitrogens with one attached hydrogen (secondary N) is 1. The average Bonchev–Trinajstić information content (AvgIpc) is 3.07. The van der Waals surface area contributed by atoms with E-state index in [1.54, 1.807) is 14.0 Å². The molecule has 162 valence electrons. The number of urea groups is 1. The summed E-state index contributed by atoms with van der Waals surface area (Å²) in [5.41, 5.74) is 0. The van der Waals surface area contributed by atoms with Crippen LogP contribution in [0.4, 0.5) is 4.79 Å². The number of carbonyl (C=O) groups is 3. The van der Waals surface area contributed by atoms with Gasteiger partial charge >= 0.3 is 12.0 Å². The van der Waals surface area contributed by atoms with Crippen LogP contribution >= 0.6 is 0 Å². The van der Waals surface area contributed by atoms with E-state index in [1.807, 2.05) is 16.7 Å². The molecule has 11 nitrogen and oxygen atoms in total. The van der Waals surface area contributed by atoms with Gasteiger partial charge in [-0.1, -0.05) is 0 Å². The van der Waals surface area contributed by atoms with E-state index >= 15 is 0 Å². The molecule has 0 aromatic rings. The van der Waals surface area contributed by atoms with Gasteiger partial charge in [0, 0.05) is 46.4 Å². The van der Waals surface area contributed by atoms with Crippen molar-refractivity contribution >= 4 is 23.9 Å². The monoisotopic (exact) mass is 410 g/mol. The number of ether oxygens (including phenoxy) is 2. The van der Waals surface area contributed by atoms with Crippen molar-refractivity contribution in [2.24, 2.45) is 4.99 Å². The van der Waals surface area contributed by atoms with Crippen LogP contribution in [0.25, 0.3) is 0 Å². The molecule has 3 rings (SSSR count). The van der Waals surface area contributed by atoms with Crippen LogP contribution in [0.3, 0.4) is 0 Å². The minimum atomic E-state index is -0.564. The van der Waals surface area contributed by atoms with Gasteiger partial charge in [-0.3, -0.25) is 19.8 Å². The molecule has 3 aliphatic heterocycles. The average molecular weight is 410 g/mol. The molecule has 0 radical (unpaired) electrons. The standard InChI is InChI=1S/C18H30N6O5/c1-4-28-11-10-24-14-15(21(3)18(27)20-16(14)26)19-17(24)23-8-6-22(7-9-23)12-13(25)29-5-2/h14-15H,4-12H2,1-3H3,(H,20,26,27). The predicted molar refractivity (Wildman–Crippen MR) is 104 cm³/mol. The molecular weight excluding hydrogens is 380 g/mol. The molecule has 29 heavy (non-hydrogen) atoms. The van der Waals surface area contributed by atoms with Gasteiger partial charge in [0.25, 0.3) is 5.91 Å². The number of hydrogen-bond acceptors (Lipinski definition) is 9. The van der Waals surface area contributed by atoms with Gasteiger partial charge in [0.2, 0.25) is 0 Å². The molecule has 3 heterocycles. The van der Waals surface area contributed by atoms with Crippen LogP contribution in [0.2, 0.25) is 0 Å². The Hall–Kier alpha value is -2.40. The summed E-state index contributed by atoms with van der Waals surface area (Å²) in [4.78, 5) is 48.6. The summed E-state index contributed by atoms with van der Waals surface area (Å²) < 4.78 is 10.5. The molecule has 0 spiro atoms. The summed E-state index contributed by atoms with van der Waals surface area (Å²) >= 11 is 0. The highest BCUT2D eigenvalue weighted by atomic mass is 16.5. The molecule has 3 amide bonds. The van der Waals surface area contributed by atoms with Crippen LogP contribution in [0, 0.1) is 0 Å². The lowest BCUT2D eigenvalue weighted by molar-refractivity contribution is -0.144. The van der Waals surface area contributed by atoms with Gasteiger partial charge in [-0.25, -0.2) is 9.79 Å². The van der Waals surface area contributed by atoms with Gasteiger partial charge in [0.15, 0.2) is 18.2 Å². The number of piperazine rings is 1. The Morgan fingerprint density at radius 3 is 2.55 bits per heavy atom. The lowest BCUT2D eigenvalue weighted by atomic mass is 10.1. The van der Waals surface area contributed by atoms with Gasteiger partial charge in [0.05, 0.1) is 19.8 Å². The van der Waals surface area contributed by atoms with E-state index < -0.39 is 18.2 Å². The van der Waals surface area contributed by atoms with E-state index in [1.165, 1.54) is 4.90 Å². The molecule has 2 unspecified atom stereocenters. The molecule has 2 atom stereocenters. The Bertz CT molecular complexity index is 663. The van der Waals surface area contributed by atoms with Crippen molar-refractivity contribution in [3.63, 3.8) is 0 Å². The topological polar surface area (TPSA) is 107 Å². The molecule has 3 aliphatic rings. The summed E-state index contributed by atoms with van der Waals surface area (Å²) in [7, 11) is 1.64. The molecule has 0 bridgehead atoms. The maximum atomic E-state index is 12.5. The second-order valence-corrected chi connectivity index (χ2v) is 7.15. The van der Waals surface area contributed by atoms with Crippen molar-refractivity contribution in [2.45, 2.75) is 26.1 Å². The summed E-state index contributed by atoms with van der Waals surface area (Å²) in [6.07, 6.45) is -0.551. The number of imide groups is 1. The lowest BCUT2D eigenvalue weighted by Gasteiger charge is -2.40. The third-order valence-electron chi connectivity index (χ3n) is 5.33. The SMILES string of the molecule is CCOCCN1C(N2CCN(CC(=O)OCC)CC2)=NC2C1C(=O)NC(=O)N2C. The van der Waals surface area contributed by atoms with Gasteiger partial charge in [0.1, 0.15) is 0 Å². The quantitative estimate of drug-likeness (QED) is 0.410. The van der Waals surface area contributed by atoms with Crippen LogP contribution in [0.1, 0.15) is 13.8 Å². The van der Waals surface area contributed by atoms with E-state index in [4.69, 9.17) is 14.5 Å². The molecular formula is C18H30N6O5. The van der Waals surface area contributed by atoms with Crippen molar-refractivity contribution in [1.82, 2.24) is 24.9 Å². The Labute approximate surface area is 170 Å².